The number of ether oxygens (including phenoxy) is 1. The molecule has 86 valence electrons. The van der Waals surface area contributed by atoms with E-state index in [1.54, 1.807) is 6.08 Å². The van der Waals surface area contributed by atoms with E-state index in [1.807, 2.05) is 44.2 Å². The summed E-state index contributed by atoms with van der Waals surface area (Å²) in [4.78, 5) is 10.9. The van der Waals surface area contributed by atoms with Crippen LogP contribution in [0.25, 0.3) is 0 Å². The molecular weight excluding hydrogens is 200 g/mol. The largest absolute Gasteiger partial charge is 0.368 e. The Labute approximate surface area is 96.9 Å². The molecule has 0 aliphatic carbocycles. The monoisotopic (exact) mass is 218 g/mol. The summed E-state index contributed by atoms with van der Waals surface area (Å²) in [5, 5.41) is 0. The summed E-state index contributed by atoms with van der Waals surface area (Å²) in [6.07, 6.45) is 2.33. The zero-order valence-electron chi connectivity index (χ0n) is 9.85. The standard InChI is InChI=1S/C14H18O2/c1-4-13(14(2,3)11-15)16-10-12-8-6-5-7-9-12/h4-9,11,13H,1,10H2,2-3H3/t13-/m0/s1. The molecule has 0 amide bonds. The Hall–Kier alpha value is -1.41. The zero-order chi connectivity index (χ0) is 12.0. The predicted octanol–water partition coefficient (Wildman–Crippen LogP) is 2.98. The van der Waals surface area contributed by atoms with Crippen molar-refractivity contribution in [3.05, 3.63) is 48.6 Å². The van der Waals surface area contributed by atoms with Crippen LogP contribution >= 0.6 is 0 Å². The molecule has 2 nitrogen and oxygen atoms in total. The van der Waals surface area contributed by atoms with E-state index < -0.39 is 5.41 Å². The lowest BCUT2D eigenvalue weighted by Gasteiger charge is -2.26. The summed E-state index contributed by atoms with van der Waals surface area (Å²) in [6, 6.07) is 9.88. The van der Waals surface area contributed by atoms with E-state index >= 15 is 0 Å². The first-order chi connectivity index (χ1) is 7.60. The van der Waals surface area contributed by atoms with Gasteiger partial charge in [-0.05, 0) is 5.56 Å². The average Bonchev–Trinajstić information content (AvgIpc) is 2.31. The van der Waals surface area contributed by atoms with Crippen LogP contribution in [0.1, 0.15) is 19.4 Å². The Morgan fingerprint density at radius 2 is 2.00 bits per heavy atom. The van der Waals surface area contributed by atoms with Gasteiger partial charge in [0.05, 0.1) is 18.1 Å². The molecular formula is C14H18O2. The van der Waals surface area contributed by atoms with Crippen LogP contribution in [0.2, 0.25) is 0 Å². The Morgan fingerprint density at radius 1 is 1.38 bits per heavy atom. The molecule has 0 unspecified atom stereocenters. The molecule has 16 heavy (non-hydrogen) atoms. The minimum atomic E-state index is -0.531. The molecule has 0 spiro atoms. The molecule has 0 radical (unpaired) electrons. The van der Waals surface area contributed by atoms with Gasteiger partial charge in [0.2, 0.25) is 0 Å². The van der Waals surface area contributed by atoms with E-state index in [-0.39, 0.29) is 6.10 Å². The van der Waals surface area contributed by atoms with Crippen molar-refractivity contribution >= 4 is 6.29 Å². The van der Waals surface area contributed by atoms with Gasteiger partial charge in [0.15, 0.2) is 0 Å². The topological polar surface area (TPSA) is 26.3 Å². The Kier molecular flexibility index (Phi) is 4.44. The molecule has 0 aromatic heterocycles. The first-order valence-electron chi connectivity index (χ1n) is 5.34. The van der Waals surface area contributed by atoms with Gasteiger partial charge in [0, 0.05) is 0 Å². The number of carbonyl (C=O) groups excluding carboxylic acids is 1. The summed E-state index contributed by atoms with van der Waals surface area (Å²) >= 11 is 0. The number of benzene rings is 1. The maximum absolute atomic E-state index is 10.9. The second-order valence-electron chi connectivity index (χ2n) is 4.39. The van der Waals surface area contributed by atoms with Crippen molar-refractivity contribution in [2.75, 3.05) is 0 Å². The second kappa shape index (κ2) is 5.61. The third-order valence-corrected chi connectivity index (χ3v) is 2.52. The number of aldehydes is 1. The Bertz CT molecular complexity index is 341. The molecule has 0 aliphatic rings. The number of carbonyl (C=O) groups is 1. The number of hydrogen-bond donors (Lipinski definition) is 0. The highest BCUT2D eigenvalue weighted by molar-refractivity contribution is 5.59. The molecule has 1 aromatic rings. The van der Waals surface area contributed by atoms with E-state index in [9.17, 15) is 4.79 Å². The van der Waals surface area contributed by atoms with Crippen LogP contribution in [0, 0.1) is 5.41 Å². The zero-order valence-corrected chi connectivity index (χ0v) is 9.85. The van der Waals surface area contributed by atoms with Gasteiger partial charge < -0.3 is 9.53 Å². The van der Waals surface area contributed by atoms with Crippen molar-refractivity contribution in [3.8, 4) is 0 Å². The van der Waals surface area contributed by atoms with E-state index in [0.717, 1.165) is 11.8 Å². The highest BCUT2D eigenvalue weighted by Crippen LogP contribution is 2.22. The molecule has 0 N–H and O–H groups in total. The van der Waals surface area contributed by atoms with Crippen molar-refractivity contribution < 1.29 is 9.53 Å². The van der Waals surface area contributed by atoms with Gasteiger partial charge in [-0.2, -0.15) is 0 Å². The third-order valence-electron chi connectivity index (χ3n) is 2.52. The fourth-order valence-corrected chi connectivity index (χ4v) is 1.41. The van der Waals surface area contributed by atoms with E-state index in [0.29, 0.717) is 6.61 Å². The van der Waals surface area contributed by atoms with Crippen LogP contribution < -0.4 is 0 Å². The smallest absolute Gasteiger partial charge is 0.128 e. The van der Waals surface area contributed by atoms with Crippen LogP contribution in [0.3, 0.4) is 0 Å². The number of rotatable bonds is 6. The maximum atomic E-state index is 10.9. The second-order valence-corrected chi connectivity index (χ2v) is 4.39. The van der Waals surface area contributed by atoms with Crippen LogP contribution in [0.5, 0.6) is 0 Å². The predicted molar refractivity (Wildman–Crippen MR) is 65.1 cm³/mol. The van der Waals surface area contributed by atoms with Gasteiger partial charge in [-0.3, -0.25) is 0 Å². The van der Waals surface area contributed by atoms with Gasteiger partial charge >= 0.3 is 0 Å². The van der Waals surface area contributed by atoms with Crippen LogP contribution in [-0.4, -0.2) is 12.4 Å². The van der Waals surface area contributed by atoms with Crippen LogP contribution in [-0.2, 0) is 16.1 Å². The fraction of sp³-hybridized carbons (Fsp3) is 0.357. The summed E-state index contributed by atoms with van der Waals surface area (Å²) in [6.45, 7) is 7.89. The fourth-order valence-electron chi connectivity index (χ4n) is 1.41. The number of hydrogen-bond acceptors (Lipinski definition) is 2. The minimum absolute atomic E-state index is 0.259. The molecule has 0 bridgehead atoms. The lowest BCUT2D eigenvalue weighted by atomic mass is 9.88. The average molecular weight is 218 g/mol. The SMILES string of the molecule is C=C[C@H](OCc1ccccc1)C(C)(C)C=O. The van der Waals surface area contributed by atoms with E-state index in [2.05, 4.69) is 6.58 Å². The van der Waals surface area contributed by atoms with Crippen molar-refractivity contribution in [1.29, 1.82) is 0 Å². The summed E-state index contributed by atoms with van der Waals surface area (Å²) in [5.74, 6) is 0. The first-order valence-corrected chi connectivity index (χ1v) is 5.34. The van der Waals surface area contributed by atoms with Crippen LogP contribution in [0.15, 0.2) is 43.0 Å². The molecule has 1 aromatic carbocycles. The van der Waals surface area contributed by atoms with Gasteiger partial charge in [0.25, 0.3) is 0 Å². The molecule has 1 rings (SSSR count). The Balaban J connectivity index is 2.59. The summed E-state index contributed by atoms with van der Waals surface area (Å²) in [5.41, 5.74) is 0.562. The van der Waals surface area contributed by atoms with Gasteiger partial charge in [-0.1, -0.05) is 50.3 Å². The molecule has 2 heteroatoms. The molecule has 0 saturated carbocycles. The molecule has 1 atom stereocenters. The van der Waals surface area contributed by atoms with Gasteiger partial charge in [-0.25, -0.2) is 0 Å². The van der Waals surface area contributed by atoms with Crippen molar-refractivity contribution in [2.45, 2.75) is 26.6 Å². The summed E-state index contributed by atoms with van der Waals surface area (Å²) in [7, 11) is 0. The first kappa shape index (κ1) is 12.7. The van der Waals surface area contributed by atoms with E-state index in [4.69, 9.17) is 4.74 Å². The molecule has 0 fully saturated rings. The lowest BCUT2D eigenvalue weighted by molar-refractivity contribution is -0.121. The minimum Gasteiger partial charge on any atom is -0.368 e. The quantitative estimate of drug-likeness (QED) is 0.542. The van der Waals surface area contributed by atoms with Crippen molar-refractivity contribution in [1.82, 2.24) is 0 Å². The highest BCUT2D eigenvalue weighted by atomic mass is 16.5. The lowest BCUT2D eigenvalue weighted by Crippen LogP contribution is -2.31. The van der Waals surface area contributed by atoms with E-state index in [1.165, 1.54) is 0 Å². The summed E-state index contributed by atoms with van der Waals surface area (Å²) < 4.78 is 5.68. The normalized spacial score (nSPS) is 13.1. The molecule has 0 saturated heterocycles. The van der Waals surface area contributed by atoms with Gasteiger partial charge in [0.1, 0.15) is 6.29 Å². The van der Waals surface area contributed by atoms with Gasteiger partial charge in [-0.15, -0.1) is 6.58 Å². The molecule has 0 heterocycles. The van der Waals surface area contributed by atoms with Crippen molar-refractivity contribution in [2.24, 2.45) is 5.41 Å². The third kappa shape index (κ3) is 3.31. The highest BCUT2D eigenvalue weighted by Gasteiger charge is 2.27. The Morgan fingerprint density at radius 3 is 2.50 bits per heavy atom. The van der Waals surface area contributed by atoms with Crippen molar-refractivity contribution in [3.63, 3.8) is 0 Å². The van der Waals surface area contributed by atoms with Crippen LogP contribution in [0.4, 0.5) is 0 Å². The maximum Gasteiger partial charge on any atom is 0.128 e. The molecule has 0 aliphatic heterocycles.